The van der Waals surface area contributed by atoms with Crippen molar-refractivity contribution in [2.45, 2.75) is 128 Å². The Morgan fingerprint density at radius 1 is 0.750 bits per heavy atom. The highest BCUT2D eigenvalue weighted by atomic mass is 35.5. The largest absolute Gasteiger partial charge is 0.466 e. The van der Waals surface area contributed by atoms with Gasteiger partial charge in [0.15, 0.2) is 0 Å². The molecule has 5 atom stereocenters. The summed E-state index contributed by atoms with van der Waals surface area (Å²) in [5.74, 6) is 0.548. The van der Waals surface area contributed by atoms with Gasteiger partial charge in [-0.15, -0.1) is 0 Å². The highest BCUT2D eigenvalue weighted by Crippen LogP contribution is 2.52. The maximum atomic E-state index is 12.8. The maximum absolute atomic E-state index is 12.8. The number of halogens is 1. The number of rotatable bonds is 15. The first-order valence-electron chi connectivity index (χ1n) is 23.8. The second-order valence-corrected chi connectivity index (χ2v) is 29.6. The van der Waals surface area contributed by atoms with Gasteiger partial charge in [-0.2, -0.15) is 0 Å². The zero-order valence-electron chi connectivity index (χ0n) is 39.7. The molecule has 2 aliphatic heterocycles. The minimum atomic E-state index is -2.98. The van der Waals surface area contributed by atoms with Crippen LogP contribution >= 0.6 is 11.6 Å². The van der Waals surface area contributed by atoms with Crippen molar-refractivity contribution in [2.24, 2.45) is 11.8 Å². The molecule has 1 spiro atoms. The molecule has 0 radical (unpaired) electrons. The molecule has 0 amide bonds. The van der Waals surface area contributed by atoms with Gasteiger partial charge in [0, 0.05) is 41.8 Å². The number of nitrogens with zero attached hydrogens (tertiary/aromatic N) is 1. The van der Waals surface area contributed by atoms with Gasteiger partial charge in [-0.1, -0.05) is 212 Å². The lowest BCUT2D eigenvalue weighted by Crippen LogP contribution is -2.67. The number of esters is 1. The normalized spacial score (nSPS) is 22.3. The molecule has 340 valence electrons. The van der Waals surface area contributed by atoms with Gasteiger partial charge < -0.3 is 13.6 Å². The molecular weight excluding hydrogens is 842 g/mol. The third-order valence-electron chi connectivity index (χ3n) is 14.8. The van der Waals surface area contributed by atoms with Crippen LogP contribution in [0.5, 0.6) is 0 Å². The van der Waals surface area contributed by atoms with Gasteiger partial charge in [-0.25, -0.2) is 4.79 Å². The molecule has 0 N–H and O–H groups in total. The van der Waals surface area contributed by atoms with Gasteiger partial charge in [-0.3, -0.25) is 4.90 Å². The van der Waals surface area contributed by atoms with E-state index >= 15 is 0 Å². The molecule has 4 aromatic rings. The third-order valence-corrected chi connectivity index (χ3v) is 25.2. The van der Waals surface area contributed by atoms with E-state index in [1.807, 2.05) is 0 Å². The van der Waals surface area contributed by atoms with Crippen LogP contribution in [0.1, 0.15) is 99.8 Å². The Kier molecular flexibility index (Phi) is 15.3. The predicted octanol–water partition coefficient (Wildman–Crippen LogP) is 11.1. The third kappa shape index (κ3) is 9.68. The first-order chi connectivity index (χ1) is 30.7. The first-order valence-corrected chi connectivity index (χ1v) is 28.0. The topological polar surface area (TPSA) is 48.0 Å². The van der Waals surface area contributed by atoms with E-state index in [1.165, 1.54) is 66.4 Å². The Morgan fingerprint density at radius 2 is 1.23 bits per heavy atom. The monoisotopic (exact) mass is 913 g/mol. The van der Waals surface area contributed by atoms with E-state index in [1.54, 1.807) is 0 Å². The molecule has 0 aromatic heterocycles. The minimum Gasteiger partial charge on any atom is -0.466 e. The molecule has 7 rings (SSSR count). The fourth-order valence-corrected chi connectivity index (χ4v) is 21.2. The van der Waals surface area contributed by atoms with Crippen LogP contribution in [0.4, 0.5) is 0 Å². The second kappa shape index (κ2) is 20.4. The Labute approximate surface area is 392 Å². The lowest BCUT2D eigenvalue weighted by atomic mass is 9.70. The predicted molar refractivity (Wildman–Crippen MR) is 272 cm³/mol. The Hall–Kier alpha value is -3.83. The van der Waals surface area contributed by atoms with E-state index in [4.69, 9.17) is 25.2 Å². The van der Waals surface area contributed by atoms with Crippen molar-refractivity contribution in [3.63, 3.8) is 0 Å². The van der Waals surface area contributed by atoms with Crippen LogP contribution in [0, 0.1) is 11.8 Å². The fourth-order valence-electron chi connectivity index (χ4n) is 11.9. The summed E-state index contributed by atoms with van der Waals surface area (Å²) in [5, 5.41) is 5.38. The van der Waals surface area contributed by atoms with Gasteiger partial charge in [0.1, 0.15) is 0 Å². The average Bonchev–Trinajstić information content (AvgIpc) is 3.72. The summed E-state index contributed by atoms with van der Waals surface area (Å²) >= 11 is 7.48. The smallest absolute Gasteiger partial charge is 0.334 e. The summed E-state index contributed by atoms with van der Waals surface area (Å²) in [5.41, 5.74) is 0.867. The molecule has 1 saturated carbocycles. The molecule has 2 heterocycles. The average molecular weight is 915 g/mol. The quantitative estimate of drug-likeness (QED) is 0.0676. The van der Waals surface area contributed by atoms with E-state index in [-0.39, 0.29) is 27.5 Å². The maximum Gasteiger partial charge on any atom is 0.334 e. The van der Waals surface area contributed by atoms with Gasteiger partial charge >= 0.3 is 5.97 Å². The number of carbonyl (C=O) groups excluding carboxylic acids is 1. The molecule has 0 unspecified atom stereocenters. The fraction of sp³-hybridized carbons (Fsp3) is 0.446. The lowest BCUT2D eigenvalue weighted by Gasteiger charge is -2.55. The van der Waals surface area contributed by atoms with E-state index < -0.39 is 22.7 Å². The van der Waals surface area contributed by atoms with E-state index in [2.05, 4.69) is 199 Å². The van der Waals surface area contributed by atoms with Crippen molar-refractivity contribution < 1.29 is 18.4 Å². The van der Waals surface area contributed by atoms with Crippen molar-refractivity contribution >= 4 is 55.0 Å². The highest BCUT2D eigenvalue weighted by molar-refractivity contribution is 7.00. The summed E-state index contributed by atoms with van der Waals surface area (Å²) < 4.78 is 20.4. The number of methoxy groups -OCH3 is 1. The summed E-state index contributed by atoms with van der Waals surface area (Å²) in [6.45, 7) is 17.5. The van der Waals surface area contributed by atoms with Gasteiger partial charge in [0.2, 0.25) is 0 Å². The molecule has 1 saturated heterocycles. The standard InChI is InChI=1S/C56H72ClNO4Si2/c1-43(52-32-22-39-56(52)38-21-23-46-35-34-44(42-58(46)56)53(59)60-8)33-36-47(62-64(55(5,6)7,50-28-17-11-18-29-50)51-30-19-12-20-31-51)41-45(57)37-40-61-63(54(2,3)4,48-24-13-9-14-25-48)49-26-15-10-16-27-49/h9-20,24-31,33-34,36,41,43,46-47,52H,21-23,32,35,37-40,42H2,1-8H3/b36-33+,45-41-/t43-,46+,47+,52+,56+/m0/s1. The number of piperidine rings is 1. The summed E-state index contributed by atoms with van der Waals surface area (Å²) in [7, 11) is -4.23. The number of carbonyl (C=O) groups is 1. The van der Waals surface area contributed by atoms with E-state index in [0.717, 1.165) is 17.0 Å². The SMILES string of the molecule is COC(=O)C1=CC[C@H]2CCC[C@]3(CCC[C@@H]3[C@@H](C)/C=C/[C@H](/C=C(\Cl)CCO[Si](c3ccccc3)(c3ccccc3)C(C)(C)C)O[Si](c3ccccc3)(c3ccccc3)C(C)(C)C)N2C1. The van der Waals surface area contributed by atoms with Gasteiger partial charge in [0.05, 0.1) is 13.2 Å². The van der Waals surface area contributed by atoms with Crippen LogP contribution in [-0.4, -0.2) is 65.5 Å². The van der Waals surface area contributed by atoms with Crippen LogP contribution in [0.15, 0.2) is 156 Å². The molecule has 0 bridgehead atoms. The van der Waals surface area contributed by atoms with Crippen LogP contribution in [0.3, 0.4) is 0 Å². The number of hydrogen-bond acceptors (Lipinski definition) is 5. The zero-order chi connectivity index (χ0) is 45.6. The van der Waals surface area contributed by atoms with Crippen molar-refractivity contribution in [2.75, 3.05) is 20.3 Å². The second-order valence-electron chi connectivity index (χ2n) is 20.6. The number of ether oxygens (including phenoxy) is 1. The van der Waals surface area contributed by atoms with Gasteiger partial charge in [-0.05, 0) is 80.8 Å². The van der Waals surface area contributed by atoms with Crippen LogP contribution in [-0.2, 0) is 18.4 Å². The Bertz CT molecular complexity index is 2160. The van der Waals surface area contributed by atoms with Crippen molar-refractivity contribution in [1.82, 2.24) is 4.90 Å². The van der Waals surface area contributed by atoms with Crippen molar-refractivity contribution in [1.29, 1.82) is 0 Å². The Morgan fingerprint density at radius 3 is 1.72 bits per heavy atom. The summed E-state index contributed by atoms with van der Waals surface area (Å²) in [6, 6.07) is 43.9. The Balaban J connectivity index is 1.25. The van der Waals surface area contributed by atoms with E-state index in [0.29, 0.717) is 31.5 Å². The zero-order valence-corrected chi connectivity index (χ0v) is 42.5. The molecule has 8 heteroatoms. The van der Waals surface area contributed by atoms with E-state index in [9.17, 15) is 4.79 Å². The van der Waals surface area contributed by atoms with Crippen molar-refractivity contribution in [3.05, 3.63) is 156 Å². The van der Waals surface area contributed by atoms with Crippen LogP contribution < -0.4 is 20.7 Å². The molecule has 5 nitrogen and oxygen atoms in total. The summed E-state index contributed by atoms with van der Waals surface area (Å²) in [4.78, 5) is 15.6. The number of benzene rings is 4. The molecular formula is C56H72ClNO4Si2. The highest BCUT2D eigenvalue weighted by Gasteiger charge is 2.54. The van der Waals surface area contributed by atoms with Crippen LogP contribution in [0.25, 0.3) is 0 Å². The summed E-state index contributed by atoms with van der Waals surface area (Å²) in [6.07, 6.45) is 17.3. The molecule has 1 aliphatic carbocycles. The molecule has 64 heavy (non-hydrogen) atoms. The van der Waals surface area contributed by atoms with Crippen molar-refractivity contribution in [3.8, 4) is 0 Å². The number of allylic oxidation sites excluding steroid dienone is 1. The van der Waals surface area contributed by atoms with Crippen LogP contribution in [0.2, 0.25) is 10.1 Å². The number of hydrogen-bond donors (Lipinski definition) is 0. The lowest BCUT2D eigenvalue weighted by molar-refractivity contribution is -0.137. The number of fused-ring (bicyclic) bond motifs is 2. The molecule has 4 aromatic carbocycles. The molecule has 2 fully saturated rings. The minimum absolute atomic E-state index is 0.0559. The molecule has 3 aliphatic rings. The first kappa shape index (κ1) is 48.1. The van der Waals surface area contributed by atoms with Gasteiger partial charge in [0.25, 0.3) is 16.6 Å².